The number of rotatable bonds is 0. The molecule has 56 valence electrons. The van der Waals surface area contributed by atoms with Crippen LogP contribution in [0.1, 0.15) is 0 Å². The maximum absolute atomic E-state index is 11.0. The molecule has 11 heavy (non-hydrogen) atoms. The summed E-state index contributed by atoms with van der Waals surface area (Å²) in [5.41, 5.74) is 0.277. The van der Waals surface area contributed by atoms with Crippen molar-refractivity contribution in [1.82, 2.24) is 4.90 Å². The van der Waals surface area contributed by atoms with E-state index in [1.165, 1.54) is 0 Å². The van der Waals surface area contributed by atoms with Gasteiger partial charge in [-0.1, -0.05) is 6.08 Å². The second-order valence-corrected chi connectivity index (χ2v) is 3.41. The van der Waals surface area contributed by atoms with E-state index in [1.54, 1.807) is 28.8 Å². The van der Waals surface area contributed by atoms with Gasteiger partial charge in [0.1, 0.15) is 16.9 Å². The second kappa shape index (κ2) is 2.26. The Morgan fingerprint density at radius 3 is 3.27 bits per heavy atom. The standard InChI is InChI=1S/C7H5NO2S/c9-4-5-6(10)8-2-1-3-11-7(5)8/h1-2,7H,3H2/t7-/m0/s1. The highest BCUT2D eigenvalue weighted by atomic mass is 32.2. The zero-order valence-corrected chi connectivity index (χ0v) is 6.43. The maximum atomic E-state index is 11.0. The quantitative estimate of drug-likeness (QED) is 0.293. The van der Waals surface area contributed by atoms with E-state index in [4.69, 9.17) is 0 Å². The van der Waals surface area contributed by atoms with E-state index < -0.39 is 0 Å². The lowest BCUT2D eigenvalue weighted by atomic mass is 10.1. The first-order chi connectivity index (χ1) is 5.34. The SMILES string of the molecule is O=C=C1C(=O)N2C=CCS[C@@H]12. The fourth-order valence-electron chi connectivity index (χ4n) is 1.13. The van der Waals surface area contributed by atoms with Gasteiger partial charge in [0, 0.05) is 12.0 Å². The van der Waals surface area contributed by atoms with E-state index in [-0.39, 0.29) is 16.9 Å². The van der Waals surface area contributed by atoms with E-state index in [0.29, 0.717) is 0 Å². The van der Waals surface area contributed by atoms with Crippen molar-refractivity contribution < 1.29 is 9.59 Å². The number of β-lactam (4-membered cyclic amide) rings is 1. The van der Waals surface area contributed by atoms with Crippen molar-refractivity contribution in [3.63, 3.8) is 0 Å². The molecule has 1 amide bonds. The van der Waals surface area contributed by atoms with Crippen LogP contribution in [0.4, 0.5) is 0 Å². The van der Waals surface area contributed by atoms with Crippen LogP contribution < -0.4 is 0 Å². The zero-order valence-electron chi connectivity index (χ0n) is 5.61. The van der Waals surface area contributed by atoms with Gasteiger partial charge in [0.25, 0.3) is 5.91 Å². The Morgan fingerprint density at radius 1 is 1.73 bits per heavy atom. The van der Waals surface area contributed by atoms with Crippen molar-refractivity contribution in [2.75, 3.05) is 5.75 Å². The van der Waals surface area contributed by atoms with Gasteiger partial charge in [-0.25, -0.2) is 4.79 Å². The number of fused-ring (bicyclic) bond motifs is 1. The molecule has 2 heterocycles. The highest BCUT2D eigenvalue weighted by Gasteiger charge is 2.43. The van der Waals surface area contributed by atoms with Crippen LogP contribution in [0.2, 0.25) is 0 Å². The highest BCUT2D eigenvalue weighted by molar-refractivity contribution is 8.00. The van der Waals surface area contributed by atoms with Crippen LogP contribution in [-0.4, -0.2) is 27.9 Å². The lowest BCUT2D eigenvalue weighted by molar-refractivity contribution is -0.130. The molecule has 0 bridgehead atoms. The van der Waals surface area contributed by atoms with Gasteiger partial charge in [0.15, 0.2) is 0 Å². The van der Waals surface area contributed by atoms with Crippen molar-refractivity contribution >= 4 is 23.6 Å². The molecule has 0 N–H and O–H groups in total. The fraction of sp³-hybridized carbons (Fsp3) is 0.286. The first kappa shape index (κ1) is 6.70. The van der Waals surface area contributed by atoms with Crippen LogP contribution in [0.15, 0.2) is 17.8 Å². The van der Waals surface area contributed by atoms with Crippen LogP contribution in [0.5, 0.6) is 0 Å². The van der Waals surface area contributed by atoms with Gasteiger partial charge in [-0.15, -0.1) is 11.8 Å². The number of hydrogen-bond acceptors (Lipinski definition) is 3. The molecule has 2 aliphatic rings. The number of hydrogen-bond donors (Lipinski definition) is 0. The van der Waals surface area contributed by atoms with E-state index in [1.807, 2.05) is 6.08 Å². The molecule has 0 aromatic rings. The molecule has 4 heteroatoms. The lowest BCUT2D eigenvalue weighted by Crippen LogP contribution is -2.51. The van der Waals surface area contributed by atoms with E-state index in [0.717, 1.165) is 5.75 Å². The number of carbonyl (C=O) groups is 1. The van der Waals surface area contributed by atoms with Crippen molar-refractivity contribution in [2.24, 2.45) is 0 Å². The van der Waals surface area contributed by atoms with E-state index in [2.05, 4.69) is 0 Å². The summed E-state index contributed by atoms with van der Waals surface area (Å²) in [4.78, 5) is 22.7. The summed E-state index contributed by atoms with van der Waals surface area (Å²) in [6.45, 7) is 0. The van der Waals surface area contributed by atoms with Gasteiger partial charge in [-0.3, -0.25) is 9.69 Å². The van der Waals surface area contributed by atoms with Crippen molar-refractivity contribution in [3.05, 3.63) is 17.8 Å². The molecule has 0 radical (unpaired) electrons. The summed E-state index contributed by atoms with van der Waals surface area (Å²) in [7, 11) is 0. The van der Waals surface area contributed by atoms with Gasteiger partial charge in [0.2, 0.25) is 0 Å². The van der Waals surface area contributed by atoms with Crippen molar-refractivity contribution in [3.8, 4) is 0 Å². The average Bonchev–Trinajstić information content (AvgIpc) is 2.05. The Kier molecular flexibility index (Phi) is 1.37. The topological polar surface area (TPSA) is 37.4 Å². The predicted molar refractivity (Wildman–Crippen MR) is 41.4 cm³/mol. The lowest BCUT2D eigenvalue weighted by Gasteiger charge is -2.39. The zero-order chi connectivity index (χ0) is 7.84. The number of amides is 1. The summed E-state index contributed by atoms with van der Waals surface area (Å²) in [6.07, 6.45) is 3.63. The molecule has 0 aromatic heterocycles. The van der Waals surface area contributed by atoms with Gasteiger partial charge in [0.05, 0.1) is 0 Å². The molecule has 1 atom stereocenters. The fourth-order valence-corrected chi connectivity index (χ4v) is 2.15. The van der Waals surface area contributed by atoms with E-state index in [9.17, 15) is 9.59 Å². The summed E-state index contributed by atoms with van der Waals surface area (Å²) >= 11 is 1.57. The Labute approximate surface area is 67.7 Å². The second-order valence-electron chi connectivity index (χ2n) is 2.30. The summed E-state index contributed by atoms with van der Waals surface area (Å²) in [5.74, 6) is 2.33. The summed E-state index contributed by atoms with van der Waals surface area (Å²) in [5, 5.41) is -0.0509. The Hall–Kier alpha value is -0.990. The predicted octanol–water partition coefficient (Wildman–Crippen LogP) is 0.173. The minimum atomic E-state index is -0.201. The normalized spacial score (nSPS) is 27.6. The number of nitrogens with zero attached hydrogens (tertiary/aromatic N) is 1. The van der Waals surface area contributed by atoms with Gasteiger partial charge in [-0.2, -0.15) is 0 Å². The van der Waals surface area contributed by atoms with Crippen molar-refractivity contribution in [1.29, 1.82) is 0 Å². The summed E-state index contributed by atoms with van der Waals surface area (Å²) in [6, 6.07) is 0. The molecule has 2 rings (SSSR count). The molecule has 0 unspecified atom stereocenters. The maximum Gasteiger partial charge on any atom is 0.269 e. The third kappa shape index (κ3) is 0.768. The first-order valence-electron chi connectivity index (χ1n) is 3.20. The molecule has 1 fully saturated rings. The molecule has 0 aliphatic carbocycles. The largest absolute Gasteiger partial charge is 0.297 e. The molecular weight excluding hydrogens is 162 g/mol. The smallest absolute Gasteiger partial charge is 0.269 e. The number of thioether (sulfide) groups is 1. The Morgan fingerprint density at radius 2 is 2.55 bits per heavy atom. The van der Waals surface area contributed by atoms with Gasteiger partial charge >= 0.3 is 0 Å². The molecule has 3 nitrogen and oxygen atoms in total. The van der Waals surface area contributed by atoms with Crippen LogP contribution in [-0.2, 0) is 9.59 Å². The van der Waals surface area contributed by atoms with Crippen LogP contribution >= 0.6 is 11.8 Å². The minimum Gasteiger partial charge on any atom is -0.297 e. The monoisotopic (exact) mass is 167 g/mol. The summed E-state index contributed by atoms with van der Waals surface area (Å²) < 4.78 is 0. The molecule has 0 spiro atoms. The van der Waals surface area contributed by atoms with Crippen molar-refractivity contribution in [2.45, 2.75) is 5.37 Å². The molecule has 0 saturated carbocycles. The minimum absolute atomic E-state index is 0.0509. The Bertz CT molecular complexity index is 291. The third-order valence-corrected chi connectivity index (χ3v) is 2.85. The average molecular weight is 167 g/mol. The highest BCUT2D eigenvalue weighted by Crippen LogP contribution is 2.35. The molecular formula is C7H5NO2S. The number of carbonyl (C=O) groups excluding carboxylic acids is 2. The van der Waals surface area contributed by atoms with Crippen LogP contribution in [0, 0.1) is 0 Å². The van der Waals surface area contributed by atoms with Gasteiger partial charge < -0.3 is 0 Å². The van der Waals surface area contributed by atoms with Crippen LogP contribution in [0.3, 0.4) is 0 Å². The first-order valence-corrected chi connectivity index (χ1v) is 4.25. The third-order valence-electron chi connectivity index (χ3n) is 1.69. The molecule has 0 aromatic carbocycles. The van der Waals surface area contributed by atoms with E-state index >= 15 is 0 Å². The Balaban J connectivity index is 2.32. The van der Waals surface area contributed by atoms with Gasteiger partial charge in [-0.05, 0) is 0 Å². The molecule has 2 aliphatic heterocycles. The molecule has 1 saturated heterocycles. The van der Waals surface area contributed by atoms with Crippen LogP contribution in [0.25, 0.3) is 0 Å².